The minimum Gasteiger partial charge on any atom is -0.297 e. The summed E-state index contributed by atoms with van der Waals surface area (Å²) in [5.41, 5.74) is 2.12. The number of fused-ring (bicyclic) bond motifs is 1. The number of hydrogen-bond donors (Lipinski definition) is 0. The van der Waals surface area contributed by atoms with Crippen molar-refractivity contribution in [3.05, 3.63) is 41.5 Å². The van der Waals surface area contributed by atoms with Crippen LogP contribution in [0.2, 0.25) is 0 Å². The second-order valence-electron chi connectivity index (χ2n) is 4.68. The van der Waals surface area contributed by atoms with E-state index in [1.54, 1.807) is 11.3 Å². The topological polar surface area (TPSA) is 33.4 Å². The lowest BCUT2D eigenvalue weighted by atomic mass is 10.2. The van der Waals surface area contributed by atoms with Gasteiger partial charge in [-0.15, -0.1) is 0 Å². The number of rotatable bonds is 5. The molecule has 0 atom stereocenters. The number of imidazole rings is 1. The summed E-state index contributed by atoms with van der Waals surface area (Å²) in [5, 5.41) is 5.75. The van der Waals surface area contributed by atoms with Crippen molar-refractivity contribution in [2.75, 3.05) is 13.1 Å². The third kappa shape index (κ3) is 2.59. The Morgan fingerprint density at radius 3 is 2.55 bits per heavy atom. The molecule has 2 aromatic heterocycles. The lowest BCUT2D eigenvalue weighted by Gasteiger charge is -2.15. The highest BCUT2D eigenvalue weighted by molar-refractivity contribution is 7.16. The van der Waals surface area contributed by atoms with Crippen molar-refractivity contribution in [3.63, 3.8) is 0 Å². The molecule has 0 aliphatic rings. The van der Waals surface area contributed by atoms with Crippen LogP contribution < -0.4 is 0 Å². The quantitative estimate of drug-likeness (QED) is 0.721. The fourth-order valence-corrected chi connectivity index (χ4v) is 3.11. The Bertz CT molecular complexity index is 651. The summed E-state index contributed by atoms with van der Waals surface area (Å²) in [4.78, 5) is 7.98. The van der Waals surface area contributed by atoms with E-state index in [2.05, 4.69) is 41.0 Å². The van der Waals surface area contributed by atoms with Gasteiger partial charge in [-0.3, -0.25) is 4.90 Å². The minimum absolute atomic E-state index is 0.904. The maximum atomic E-state index is 4.66. The molecule has 0 aliphatic carbocycles. The van der Waals surface area contributed by atoms with Crippen LogP contribution in [0.5, 0.6) is 0 Å². The van der Waals surface area contributed by atoms with Gasteiger partial charge in [0.25, 0.3) is 0 Å². The fourth-order valence-electron chi connectivity index (χ4n) is 2.19. The Morgan fingerprint density at radius 2 is 1.90 bits per heavy atom. The van der Waals surface area contributed by atoms with Gasteiger partial charge in [0.2, 0.25) is 4.96 Å². The summed E-state index contributed by atoms with van der Waals surface area (Å²) in [6, 6.07) is 10.2. The lowest BCUT2D eigenvalue weighted by molar-refractivity contribution is 0.294. The standard InChI is InChI=1S/C15H18N4S/c1-3-18(4-2)11-14-17-19-10-13(16-15(19)20-14)12-8-6-5-7-9-12/h5-10H,3-4,11H2,1-2H3. The minimum atomic E-state index is 0.904. The van der Waals surface area contributed by atoms with Crippen molar-refractivity contribution in [2.24, 2.45) is 0 Å². The van der Waals surface area contributed by atoms with Crippen LogP contribution in [-0.2, 0) is 6.54 Å². The molecular formula is C15H18N4S. The number of benzene rings is 1. The highest BCUT2D eigenvalue weighted by Crippen LogP contribution is 2.22. The van der Waals surface area contributed by atoms with E-state index in [4.69, 9.17) is 0 Å². The van der Waals surface area contributed by atoms with Crippen molar-refractivity contribution in [1.82, 2.24) is 19.5 Å². The third-order valence-electron chi connectivity index (χ3n) is 3.41. The smallest absolute Gasteiger partial charge is 0.212 e. The normalized spacial score (nSPS) is 11.6. The van der Waals surface area contributed by atoms with Crippen LogP contribution in [0.25, 0.3) is 16.2 Å². The average molecular weight is 286 g/mol. The second kappa shape index (κ2) is 5.73. The summed E-state index contributed by atoms with van der Waals surface area (Å²) in [5.74, 6) is 0. The van der Waals surface area contributed by atoms with Crippen molar-refractivity contribution in [1.29, 1.82) is 0 Å². The van der Waals surface area contributed by atoms with E-state index in [0.29, 0.717) is 0 Å². The van der Waals surface area contributed by atoms with E-state index >= 15 is 0 Å². The van der Waals surface area contributed by atoms with Crippen molar-refractivity contribution in [3.8, 4) is 11.3 Å². The highest BCUT2D eigenvalue weighted by atomic mass is 32.1. The molecular weight excluding hydrogens is 268 g/mol. The van der Waals surface area contributed by atoms with Gasteiger partial charge in [0.05, 0.1) is 18.4 Å². The first-order valence-corrected chi connectivity index (χ1v) is 7.74. The zero-order chi connectivity index (χ0) is 13.9. The Morgan fingerprint density at radius 1 is 1.15 bits per heavy atom. The van der Waals surface area contributed by atoms with Gasteiger partial charge in [-0.2, -0.15) is 5.10 Å². The van der Waals surface area contributed by atoms with Gasteiger partial charge in [0, 0.05) is 5.56 Å². The maximum Gasteiger partial charge on any atom is 0.212 e. The molecule has 2 heterocycles. The van der Waals surface area contributed by atoms with Gasteiger partial charge in [-0.05, 0) is 13.1 Å². The summed E-state index contributed by atoms with van der Waals surface area (Å²) >= 11 is 1.67. The van der Waals surface area contributed by atoms with Gasteiger partial charge in [-0.25, -0.2) is 9.50 Å². The van der Waals surface area contributed by atoms with Gasteiger partial charge in [0.15, 0.2) is 0 Å². The first-order chi connectivity index (χ1) is 9.80. The van der Waals surface area contributed by atoms with Crippen molar-refractivity contribution < 1.29 is 0 Å². The molecule has 0 fully saturated rings. The zero-order valence-corrected chi connectivity index (χ0v) is 12.6. The number of hydrogen-bond acceptors (Lipinski definition) is 4. The van der Waals surface area contributed by atoms with E-state index in [9.17, 15) is 0 Å². The summed E-state index contributed by atoms with van der Waals surface area (Å²) in [7, 11) is 0. The predicted octanol–water partition coefficient (Wildman–Crippen LogP) is 3.30. The number of nitrogens with zero attached hydrogens (tertiary/aromatic N) is 4. The Balaban J connectivity index is 1.86. The predicted molar refractivity (Wildman–Crippen MR) is 82.9 cm³/mol. The molecule has 4 nitrogen and oxygen atoms in total. The molecule has 0 radical (unpaired) electrons. The van der Waals surface area contributed by atoms with Gasteiger partial charge >= 0.3 is 0 Å². The van der Waals surface area contributed by atoms with Crippen LogP contribution in [0.15, 0.2) is 36.5 Å². The third-order valence-corrected chi connectivity index (χ3v) is 4.32. The van der Waals surface area contributed by atoms with Gasteiger partial charge in [0.1, 0.15) is 5.01 Å². The molecule has 0 saturated carbocycles. The molecule has 104 valence electrons. The molecule has 20 heavy (non-hydrogen) atoms. The SMILES string of the molecule is CCN(CC)Cc1nn2cc(-c3ccccc3)nc2s1. The van der Waals surface area contributed by atoms with Crippen LogP contribution in [-0.4, -0.2) is 32.6 Å². The van der Waals surface area contributed by atoms with Crippen LogP contribution >= 0.6 is 11.3 Å². The Kier molecular flexibility index (Phi) is 3.80. The van der Waals surface area contributed by atoms with Crippen molar-refractivity contribution in [2.45, 2.75) is 20.4 Å². The van der Waals surface area contributed by atoms with E-state index in [-0.39, 0.29) is 0 Å². The summed E-state index contributed by atoms with van der Waals surface area (Å²) in [6.07, 6.45) is 2.01. The molecule has 0 aliphatic heterocycles. The maximum absolute atomic E-state index is 4.66. The first kappa shape index (κ1) is 13.3. The molecule has 0 amide bonds. The largest absolute Gasteiger partial charge is 0.297 e. The van der Waals surface area contributed by atoms with Gasteiger partial charge in [-0.1, -0.05) is 55.5 Å². The van der Waals surface area contributed by atoms with Crippen LogP contribution in [0.1, 0.15) is 18.9 Å². The molecule has 1 aromatic carbocycles. The van der Waals surface area contributed by atoms with Gasteiger partial charge < -0.3 is 0 Å². The molecule has 0 unspecified atom stereocenters. The summed E-state index contributed by atoms with van der Waals surface area (Å²) < 4.78 is 1.89. The highest BCUT2D eigenvalue weighted by Gasteiger charge is 2.11. The summed E-state index contributed by atoms with van der Waals surface area (Å²) in [6.45, 7) is 7.36. The zero-order valence-electron chi connectivity index (χ0n) is 11.8. The van der Waals surface area contributed by atoms with Crippen LogP contribution in [0.4, 0.5) is 0 Å². The van der Waals surface area contributed by atoms with Crippen molar-refractivity contribution >= 4 is 16.3 Å². The average Bonchev–Trinajstić information content (AvgIpc) is 3.03. The molecule has 0 N–H and O–H groups in total. The molecule has 0 bridgehead atoms. The molecule has 0 saturated heterocycles. The molecule has 3 aromatic rings. The van der Waals surface area contributed by atoms with E-state index in [1.807, 2.05) is 28.9 Å². The van der Waals surface area contributed by atoms with E-state index < -0.39 is 0 Å². The van der Waals surface area contributed by atoms with Crippen LogP contribution in [0.3, 0.4) is 0 Å². The molecule has 3 rings (SSSR count). The van der Waals surface area contributed by atoms with Crippen LogP contribution in [0, 0.1) is 0 Å². The fraction of sp³-hybridized carbons (Fsp3) is 0.333. The van der Waals surface area contributed by atoms with E-state index in [0.717, 1.165) is 40.9 Å². The lowest BCUT2D eigenvalue weighted by Crippen LogP contribution is -2.22. The Labute approximate surface area is 122 Å². The molecule has 0 spiro atoms. The Hall–Kier alpha value is -1.72. The first-order valence-electron chi connectivity index (χ1n) is 6.93. The van der Waals surface area contributed by atoms with E-state index in [1.165, 1.54) is 0 Å². The molecule has 5 heteroatoms. The monoisotopic (exact) mass is 286 g/mol. The number of aromatic nitrogens is 3. The second-order valence-corrected chi connectivity index (χ2v) is 5.72.